The van der Waals surface area contributed by atoms with Crippen molar-refractivity contribution >= 4 is 17.8 Å². The molecule has 0 rings (SSSR count). The average molecular weight is 245 g/mol. The molecule has 0 aromatic rings. The van der Waals surface area contributed by atoms with Crippen LogP contribution in [0, 0.1) is 0 Å². The van der Waals surface area contributed by atoms with Crippen molar-refractivity contribution in [3.8, 4) is 0 Å². The number of unbranched alkanes of at least 4 members (excludes halogenated alkanes) is 1. The van der Waals surface area contributed by atoms with Gasteiger partial charge < -0.3 is 27.6 Å². The lowest BCUT2D eigenvalue weighted by atomic mass is 10.2. The molecule has 1 atom stereocenters. The molecule has 0 aliphatic rings. The van der Waals surface area contributed by atoms with Gasteiger partial charge in [0.15, 0.2) is 5.96 Å². The van der Waals surface area contributed by atoms with Gasteiger partial charge in [-0.1, -0.05) is 0 Å². The highest BCUT2D eigenvalue weighted by atomic mass is 16.4. The molecule has 0 aliphatic carbocycles. The molecule has 8 heteroatoms. The van der Waals surface area contributed by atoms with Gasteiger partial charge in [-0.05, 0) is 12.8 Å². The van der Waals surface area contributed by atoms with Gasteiger partial charge in [-0.2, -0.15) is 0 Å². The van der Waals surface area contributed by atoms with Crippen LogP contribution in [0.25, 0.3) is 0 Å². The zero-order valence-corrected chi connectivity index (χ0v) is 9.56. The number of nitrogens with one attached hydrogen (secondary N) is 1. The van der Waals surface area contributed by atoms with Gasteiger partial charge in [0.1, 0.15) is 0 Å². The molecule has 0 aromatic heterocycles. The molecule has 0 aromatic carbocycles. The molecule has 8 N–H and O–H groups in total. The Hall–Kier alpha value is -1.83. The Morgan fingerprint density at radius 3 is 2.47 bits per heavy atom. The molecule has 0 bridgehead atoms. The van der Waals surface area contributed by atoms with Crippen LogP contribution >= 0.6 is 0 Å². The van der Waals surface area contributed by atoms with Gasteiger partial charge in [0.25, 0.3) is 0 Å². The maximum absolute atomic E-state index is 11.3. The highest BCUT2D eigenvalue weighted by molar-refractivity contribution is 5.85. The van der Waals surface area contributed by atoms with Crippen LogP contribution < -0.4 is 22.5 Å². The third-order valence-electron chi connectivity index (χ3n) is 1.91. The van der Waals surface area contributed by atoms with E-state index in [0.29, 0.717) is 19.5 Å². The number of carboxylic acids is 1. The van der Waals surface area contributed by atoms with E-state index < -0.39 is 17.9 Å². The second-order valence-electron chi connectivity index (χ2n) is 3.51. The smallest absolute Gasteiger partial charge is 0.305 e. The largest absolute Gasteiger partial charge is 0.481 e. The van der Waals surface area contributed by atoms with Crippen LogP contribution in [-0.4, -0.2) is 42.1 Å². The normalized spacial score (nSPS) is 11.6. The molecule has 0 fully saturated rings. The Morgan fingerprint density at radius 1 is 1.29 bits per heavy atom. The fourth-order valence-electron chi connectivity index (χ4n) is 1.07. The first-order valence-corrected chi connectivity index (χ1v) is 5.24. The van der Waals surface area contributed by atoms with Gasteiger partial charge in [0.2, 0.25) is 5.91 Å². The Morgan fingerprint density at radius 2 is 1.94 bits per heavy atom. The van der Waals surface area contributed by atoms with Crippen LogP contribution in [0.3, 0.4) is 0 Å². The number of guanidine groups is 1. The van der Waals surface area contributed by atoms with Crippen LogP contribution in [0.1, 0.15) is 19.3 Å². The fourth-order valence-corrected chi connectivity index (χ4v) is 1.07. The van der Waals surface area contributed by atoms with Crippen molar-refractivity contribution in [3.63, 3.8) is 0 Å². The third-order valence-corrected chi connectivity index (χ3v) is 1.91. The molecular weight excluding hydrogens is 226 g/mol. The number of aliphatic carboxylic acids is 1. The number of carbonyl (C=O) groups excluding carboxylic acids is 1. The second kappa shape index (κ2) is 8.34. The molecule has 17 heavy (non-hydrogen) atoms. The van der Waals surface area contributed by atoms with Gasteiger partial charge in [-0.15, -0.1) is 0 Å². The van der Waals surface area contributed by atoms with E-state index in [4.69, 9.17) is 22.3 Å². The zero-order chi connectivity index (χ0) is 13.3. The molecule has 0 spiro atoms. The summed E-state index contributed by atoms with van der Waals surface area (Å²) in [5, 5.41) is 11.0. The summed E-state index contributed by atoms with van der Waals surface area (Å²) in [6, 6.07) is -1.01. The van der Waals surface area contributed by atoms with Crippen LogP contribution in [0.2, 0.25) is 0 Å². The maximum Gasteiger partial charge on any atom is 0.305 e. The van der Waals surface area contributed by atoms with E-state index >= 15 is 0 Å². The molecule has 0 saturated carbocycles. The van der Waals surface area contributed by atoms with Gasteiger partial charge in [-0.3, -0.25) is 14.6 Å². The van der Waals surface area contributed by atoms with Crippen LogP contribution in [-0.2, 0) is 9.59 Å². The minimum atomic E-state index is -1.10. The molecule has 0 heterocycles. The Balaban J connectivity index is 3.57. The van der Waals surface area contributed by atoms with Crippen molar-refractivity contribution in [2.75, 3.05) is 13.1 Å². The van der Waals surface area contributed by atoms with E-state index in [1.165, 1.54) is 0 Å². The van der Waals surface area contributed by atoms with Gasteiger partial charge in [-0.25, -0.2) is 0 Å². The molecule has 1 amide bonds. The molecular formula is C9H19N5O3. The van der Waals surface area contributed by atoms with E-state index in [1.807, 2.05) is 0 Å². The first kappa shape index (κ1) is 15.2. The number of hydrogen-bond donors (Lipinski definition) is 5. The molecule has 0 aliphatic heterocycles. The Kier molecular flexibility index (Phi) is 7.44. The van der Waals surface area contributed by atoms with Crippen molar-refractivity contribution in [3.05, 3.63) is 0 Å². The molecule has 0 saturated heterocycles. The third kappa shape index (κ3) is 9.12. The van der Waals surface area contributed by atoms with E-state index in [0.717, 1.165) is 6.42 Å². The zero-order valence-electron chi connectivity index (χ0n) is 9.56. The topological polar surface area (TPSA) is 157 Å². The lowest BCUT2D eigenvalue weighted by Gasteiger charge is -2.09. The van der Waals surface area contributed by atoms with Crippen molar-refractivity contribution in [1.29, 1.82) is 0 Å². The lowest BCUT2D eigenvalue weighted by Crippen LogP contribution is -2.42. The van der Waals surface area contributed by atoms with Crippen LogP contribution in [0.4, 0.5) is 0 Å². The Bertz CT molecular complexity index is 288. The summed E-state index contributed by atoms with van der Waals surface area (Å²) in [7, 11) is 0. The van der Waals surface area contributed by atoms with E-state index in [1.54, 1.807) is 0 Å². The van der Waals surface area contributed by atoms with Crippen molar-refractivity contribution in [2.24, 2.45) is 22.2 Å². The highest BCUT2D eigenvalue weighted by Gasteiger charge is 2.15. The minimum absolute atomic E-state index is 0.0394. The highest BCUT2D eigenvalue weighted by Crippen LogP contribution is 1.91. The maximum atomic E-state index is 11.3. The number of rotatable bonds is 8. The van der Waals surface area contributed by atoms with Gasteiger partial charge in [0.05, 0.1) is 12.5 Å². The number of hydrogen-bond acceptors (Lipinski definition) is 4. The van der Waals surface area contributed by atoms with Gasteiger partial charge in [0, 0.05) is 13.1 Å². The van der Waals surface area contributed by atoms with Crippen molar-refractivity contribution in [1.82, 2.24) is 5.32 Å². The SMILES string of the molecule is NC(N)=NCCCCNC(=O)[C@@H](N)CC(=O)O. The summed E-state index contributed by atoms with van der Waals surface area (Å²) in [5.41, 5.74) is 15.6. The summed E-state index contributed by atoms with van der Waals surface area (Å²) in [5.74, 6) is -1.52. The summed E-state index contributed by atoms with van der Waals surface area (Å²) < 4.78 is 0. The second-order valence-corrected chi connectivity index (χ2v) is 3.51. The standard InChI is InChI=1S/C9H19N5O3/c10-6(5-7(15)16)8(17)13-3-1-2-4-14-9(11)12/h6H,1-5,10H2,(H,13,17)(H,15,16)(H4,11,12,14)/t6-/m0/s1. The molecule has 0 unspecified atom stereocenters. The number of amides is 1. The quantitative estimate of drug-likeness (QED) is 0.188. The molecule has 0 radical (unpaired) electrons. The first-order chi connectivity index (χ1) is 7.93. The number of carbonyl (C=O) groups is 2. The summed E-state index contributed by atoms with van der Waals surface area (Å²) in [6.45, 7) is 0.922. The van der Waals surface area contributed by atoms with Crippen molar-refractivity contribution in [2.45, 2.75) is 25.3 Å². The van der Waals surface area contributed by atoms with Crippen molar-refractivity contribution < 1.29 is 14.7 Å². The summed E-state index contributed by atoms with van der Waals surface area (Å²) >= 11 is 0. The van der Waals surface area contributed by atoms with Crippen LogP contribution in [0.5, 0.6) is 0 Å². The monoisotopic (exact) mass is 245 g/mol. The van der Waals surface area contributed by atoms with Gasteiger partial charge >= 0.3 is 5.97 Å². The number of carboxylic acid groups (broad SMARTS) is 1. The predicted octanol–water partition coefficient (Wildman–Crippen LogP) is -2.04. The summed E-state index contributed by atoms with van der Waals surface area (Å²) in [4.78, 5) is 25.3. The summed E-state index contributed by atoms with van der Waals surface area (Å²) in [6.07, 6.45) is 1.05. The average Bonchev–Trinajstić information content (AvgIpc) is 2.21. The fraction of sp³-hybridized carbons (Fsp3) is 0.667. The lowest BCUT2D eigenvalue weighted by molar-refractivity contribution is -0.139. The first-order valence-electron chi connectivity index (χ1n) is 5.24. The van der Waals surface area contributed by atoms with E-state index in [9.17, 15) is 9.59 Å². The van der Waals surface area contributed by atoms with E-state index in [2.05, 4.69) is 10.3 Å². The van der Waals surface area contributed by atoms with E-state index in [-0.39, 0.29) is 12.4 Å². The number of aliphatic imine (C=N–C) groups is 1. The Labute approximate surface area is 99.2 Å². The molecule has 8 nitrogen and oxygen atoms in total. The minimum Gasteiger partial charge on any atom is -0.481 e. The number of nitrogens with two attached hydrogens (primary N) is 3. The predicted molar refractivity (Wildman–Crippen MR) is 63.1 cm³/mol. The molecule has 98 valence electrons. The number of nitrogens with zero attached hydrogens (tertiary/aromatic N) is 1. The van der Waals surface area contributed by atoms with Crippen LogP contribution in [0.15, 0.2) is 4.99 Å².